The van der Waals surface area contributed by atoms with E-state index < -0.39 is 35.6 Å². The molecule has 0 aliphatic carbocycles. The van der Waals surface area contributed by atoms with Gasteiger partial charge in [0.05, 0.1) is 23.0 Å². The first-order valence-electron chi connectivity index (χ1n) is 19.8. The number of imide groups is 2. The lowest BCUT2D eigenvalue weighted by Gasteiger charge is -2.39. The molecule has 2 aromatic heterocycles. The summed E-state index contributed by atoms with van der Waals surface area (Å²) in [7, 11) is 0. The molecular formula is C39H47N11O6S. The van der Waals surface area contributed by atoms with E-state index in [0.717, 1.165) is 99.1 Å². The molecule has 18 heteroatoms. The van der Waals surface area contributed by atoms with Crippen molar-refractivity contribution in [2.45, 2.75) is 70.4 Å². The number of carbonyl (C=O) groups excluding carboxylic acids is 6. The number of aryl methyl sites for hydroxylation is 1. The summed E-state index contributed by atoms with van der Waals surface area (Å²) in [5, 5.41) is 9.43. The SMILES string of the molecule is Cc1cc(Nc2nc(N3CCC[C@@H](NC(=O)C4CCN(CC5CCN(c6ccc7c(c6)C(=O)N([C@H]6CCC(=O)NC6=O)C7=O)CC5)CC4)C3)cnc2C(N)=O)sn1. The fraction of sp³-hybridized carbons (Fsp3) is 0.513. The van der Waals surface area contributed by atoms with Gasteiger partial charge in [-0.3, -0.25) is 39.0 Å². The van der Waals surface area contributed by atoms with Gasteiger partial charge in [-0.1, -0.05) is 0 Å². The second-order valence-electron chi connectivity index (χ2n) is 15.7. The third-order valence-electron chi connectivity index (χ3n) is 11.8. The van der Waals surface area contributed by atoms with Crippen molar-refractivity contribution in [3.05, 3.63) is 53.0 Å². The van der Waals surface area contributed by atoms with Crippen molar-refractivity contribution in [3.63, 3.8) is 0 Å². The summed E-state index contributed by atoms with van der Waals surface area (Å²) >= 11 is 1.26. The maximum atomic E-state index is 13.5. The van der Waals surface area contributed by atoms with E-state index in [-0.39, 0.29) is 47.8 Å². The number of likely N-dealkylation sites (tertiary alicyclic amines) is 1. The summed E-state index contributed by atoms with van der Waals surface area (Å²) in [6.07, 6.45) is 7.13. The number of primary amides is 1. The molecule has 6 amide bonds. The summed E-state index contributed by atoms with van der Waals surface area (Å²) < 4.78 is 4.27. The fourth-order valence-corrected chi connectivity index (χ4v) is 9.39. The van der Waals surface area contributed by atoms with Crippen LogP contribution >= 0.6 is 11.5 Å². The molecule has 57 heavy (non-hydrogen) atoms. The van der Waals surface area contributed by atoms with Gasteiger partial charge in [-0.05, 0) is 107 Å². The molecule has 3 aromatic rings. The number of nitrogens with one attached hydrogen (secondary N) is 3. The Morgan fingerprint density at radius 1 is 0.930 bits per heavy atom. The maximum absolute atomic E-state index is 13.5. The Morgan fingerprint density at radius 3 is 2.42 bits per heavy atom. The van der Waals surface area contributed by atoms with E-state index in [1.54, 1.807) is 18.3 Å². The number of fused-ring (bicyclic) bond motifs is 1. The average molecular weight is 798 g/mol. The summed E-state index contributed by atoms with van der Waals surface area (Å²) in [6, 6.07) is 6.16. The number of hydrogen-bond acceptors (Lipinski definition) is 14. The van der Waals surface area contributed by atoms with Crippen molar-refractivity contribution in [1.82, 2.24) is 34.8 Å². The van der Waals surface area contributed by atoms with Crippen LogP contribution in [0, 0.1) is 18.8 Å². The largest absolute Gasteiger partial charge is 0.371 e. The van der Waals surface area contributed by atoms with Crippen LogP contribution in [0.1, 0.15) is 88.3 Å². The Hall–Kier alpha value is -5.49. The number of rotatable bonds is 10. The first kappa shape index (κ1) is 38.4. The number of aromatic nitrogens is 3. The minimum atomic E-state index is -0.980. The van der Waals surface area contributed by atoms with Gasteiger partial charge in [-0.15, -0.1) is 0 Å². The molecule has 0 radical (unpaired) electrons. The van der Waals surface area contributed by atoms with E-state index in [1.807, 2.05) is 19.1 Å². The second-order valence-corrected chi connectivity index (χ2v) is 16.5. The molecular weight excluding hydrogens is 751 g/mol. The fourth-order valence-electron chi connectivity index (χ4n) is 8.73. The van der Waals surface area contributed by atoms with E-state index in [1.165, 1.54) is 11.5 Å². The topological polar surface area (TPSA) is 216 Å². The minimum Gasteiger partial charge on any atom is -0.371 e. The van der Waals surface area contributed by atoms with Gasteiger partial charge in [0.2, 0.25) is 17.7 Å². The Kier molecular flexibility index (Phi) is 10.9. The third kappa shape index (κ3) is 8.18. The van der Waals surface area contributed by atoms with Gasteiger partial charge in [0, 0.05) is 56.8 Å². The van der Waals surface area contributed by atoms with Crippen LogP contribution in [0.15, 0.2) is 30.5 Å². The van der Waals surface area contributed by atoms with E-state index >= 15 is 0 Å². The monoisotopic (exact) mass is 797 g/mol. The van der Waals surface area contributed by atoms with Crippen LogP contribution in [0.4, 0.5) is 22.3 Å². The number of hydrogen-bond donors (Lipinski definition) is 4. The summed E-state index contributed by atoms with van der Waals surface area (Å²) in [5.41, 5.74) is 7.95. The van der Waals surface area contributed by atoms with E-state index in [2.05, 4.69) is 40.0 Å². The summed E-state index contributed by atoms with van der Waals surface area (Å²) in [4.78, 5) is 92.9. The smallest absolute Gasteiger partial charge is 0.271 e. The Labute approximate surface area is 333 Å². The average Bonchev–Trinajstić information content (AvgIpc) is 3.73. The number of benzene rings is 1. The van der Waals surface area contributed by atoms with Gasteiger partial charge in [0.1, 0.15) is 16.9 Å². The van der Waals surface area contributed by atoms with Crippen LogP contribution in [0.3, 0.4) is 0 Å². The Balaban J connectivity index is 0.789. The van der Waals surface area contributed by atoms with Crippen molar-refractivity contribution >= 4 is 69.3 Å². The number of amides is 6. The zero-order chi connectivity index (χ0) is 39.8. The highest BCUT2D eigenvalue weighted by molar-refractivity contribution is 7.10. The van der Waals surface area contributed by atoms with Gasteiger partial charge in [-0.25, -0.2) is 9.97 Å². The van der Waals surface area contributed by atoms with Crippen molar-refractivity contribution in [2.75, 3.05) is 60.9 Å². The summed E-state index contributed by atoms with van der Waals surface area (Å²) in [6.45, 7) is 7.60. The molecule has 300 valence electrons. The van der Waals surface area contributed by atoms with Crippen LogP contribution < -0.4 is 31.5 Å². The molecule has 4 fully saturated rings. The number of piperidine rings is 4. The standard InChI is InChI=1S/C39H47N11O6S/c1-22-17-32(57-46-22)45-35-33(34(40)52)41-19-30(43-35)49-12-2-3-25(21-49)42-36(53)24-10-13-47(14-11-24)20-23-8-15-48(16-9-23)26-4-5-27-28(18-26)39(56)50(38(27)55)29-6-7-31(51)44-37(29)54/h4-5,17-19,23-25,29H,2-3,6-16,20-21H2,1H3,(H2,40,52)(H,42,53)(H,43,45)(H,44,51,54)/t25-,29+/m1/s1. The van der Waals surface area contributed by atoms with Gasteiger partial charge in [0.15, 0.2) is 11.5 Å². The molecule has 1 aromatic carbocycles. The first-order valence-corrected chi connectivity index (χ1v) is 20.5. The van der Waals surface area contributed by atoms with Crippen molar-refractivity contribution in [2.24, 2.45) is 17.6 Å². The Morgan fingerprint density at radius 2 is 1.70 bits per heavy atom. The van der Waals surface area contributed by atoms with E-state index in [9.17, 15) is 28.8 Å². The number of nitrogens with two attached hydrogens (primary N) is 1. The molecule has 5 aliphatic heterocycles. The molecule has 5 N–H and O–H groups in total. The molecule has 4 saturated heterocycles. The highest BCUT2D eigenvalue weighted by atomic mass is 32.1. The van der Waals surface area contributed by atoms with Crippen LogP contribution in [-0.4, -0.2) is 117 Å². The van der Waals surface area contributed by atoms with Crippen LogP contribution in [0.25, 0.3) is 0 Å². The van der Waals surface area contributed by atoms with Crippen LogP contribution in [0.5, 0.6) is 0 Å². The molecule has 2 atom stereocenters. The number of anilines is 4. The van der Waals surface area contributed by atoms with E-state index in [0.29, 0.717) is 23.8 Å². The zero-order valence-corrected chi connectivity index (χ0v) is 32.7. The van der Waals surface area contributed by atoms with E-state index in [4.69, 9.17) is 10.7 Å². The zero-order valence-electron chi connectivity index (χ0n) is 31.9. The van der Waals surface area contributed by atoms with Gasteiger partial charge in [-0.2, -0.15) is 4.37 Å². The lowest BCUT2D eigenvalue weighted by atomic mass is 9.91. The van der Waals surface area contributed by atoms with Crippen LogP contribution in [-0.2, 0) is 14.4 Å². The molecule has 7 heterocycles. The van der Waals surface area contributed by atoms with Crippen molar-refractivity contribution in [3.8, 4) is 0 Å². The van der Waals surface area contributed by atoms with Crippen LogP contribution in [0.2, 0.25) is 0 Å². The molecule has 8 rings (SSSR count). The summed E-state index contributed by atoms with van der Waals surface area (Å²) in [5.74, 6) is -1.20. The highest BCUT2D eigenvalue weighted by Gasteiger charge is 2.45. The van der Waals surface area contributed by atoms with Crippen molar-refractivity contribution < 1.29 is 28.8 Å². The van der Waals surface area contributed by atoms with Crippen molar-refractivity contribution in [1.29, 1.82) is 0 Å². The normalized spacial score (nSPS) is 22.4. The Bertz CT molecular complexity index is 2090. The minimum absolute atomic E-state index is 0.0267. The number of nitrogens with zero attached hydrogens (tertiary/aromatic N) is 7. The molecule has 5 aliphatic rings. The lowest BCUT2D eigenvalue weighted by Crippen LogP contribution is -2.54. The molecule has 0 bridgehead atoms. The highest BCUT2D eigenvalue weighted by Crippen LogP contribution is 2.33. The molecule has 0 saturated carbocycles. The molecule has 0 unspecified atom stereocenters. The quantitative estimate of drug-likeness (QED) is 0.217. The predicted octanol–water partition coefficient (Wildman–Crippen LogP) is 2.20. The molecule has 0 spiro atoms. The molecule has 17 nitrogen and oxygen atoms in total. The predicted molar refractivity (Wildman–Crippen MR) is 211 cm³/mol. The second kappa shape index (κ2) is 16.2. The lowest BCUT2D eigenvalue weighted by molar-refractivity contribution is -0.136. The van der Waals surface area contributed by atoms with Gasteiger partial charge >= 0.3 is 0 Å². The van der Waals surface area contributed by atoms with Gasteiger partial charge < -0.3 is 31.1 Å². The third-order valence-corrected chi connectivity index (χ3v) is 12.6. The first-order chi connectivity index (χ1) is 27.5. The maximum Gasteiger partial charge on any atom is 0.271 e. The van der Waals surface area contributed by atoms with Gasteiger partial charge in [0.25, 0.3) is 17.7 Å². The number of carbonyl (C=O) groups is 6.